The fourth-order valence-electron chi connectivity index (χ4n) is 1.69. The molecule has 0 saturated carbocycles. The van der Waals surface area contributed by atoms with Crippen LogP contribution < -0.4 is 11.1 Å². The average molecular weight is 248 g/mol. The molecule has 1 atom stereocenters. The number of amides is 2. The Hall–Kier alpha value is -1.11. The normalized spacial score (nSPS) is 22.9. The highest BCUT2D eigenvalue weighted by Gasteiger charge is 2.29. The minimum Gasteiger partial charge on any atom is -0.370 e. The van der Waals surface area contributed by atoms with Crippen LogP contribution in [0.2, 0.25) is 0 Å². The van der Waals surface area contributed by atoms with Crippen LogP contribution in [0.15, 0.2) is 0 Å². The largest absolute Gasteiger partial charge is 0.370 e. The molecule has 2 amide bonds. The van der Waals surface area contributed by atoms with Crippen LogP contribution >= 0.6 is 0 Å². The van der Waals surface area contributed by atoms with Crippen molar-refractivity contribution in [2.45, 2.75) is 19.3 Å². The topological polar surface area (TPSA) is 106 Å². The molecule has 1 rings (SSSR count). The van der Waals surface area contributed by atoms with Crippen LogP contribution in [0, 0.1) is 5.92 Å². The van der Waals surface area contributed by atoms with Crippen molar-refractivity contribution < 1.29 is 18.0 Å². The molecule has 0 aliphatic carbocycles. The van der Waals surface area contributed by atoms with Crippen LogP contribution in [0.4, 0.5) is 0 Å². The van der Waals surface area contributed by atoms with Crippen LogP contribution in [0.1, 0.15) is 19.3 Å². The van der Waals surface area contributed by atoms with Gasteiger partial charge in [-0.2, -0.15) is 0 Å². The zero-order chi connectivity index (χ0) is 12.2. The molecule has 0 radical (unpaired) electrons. The highest BCUT2D eigenvalue weighted by Crippen LogP contribution is 2.21. The number of primary amides is 1. The lowest BCUT2D eigenvalue weighted by Crippen LogP contribution is -2.29. The van der Waals surface area contributed by atoms with Gasteiger partial charge in [0.1, 0.15) is 0 Å². The molecule has 1 heterocycles. The monoisotopic (exact) mass is 248 g/mol. The number of hydrogen-bond donors (Lipinski definition) is 2. The van der Waals surface area contributed by atoms with Crippen molar-refractivity contribution in [3.05, 3.63) is 0 Å². The van der Waals surface area contributed by atoms with E-state index in [9.17, 15) is 18.0 Å². The Balaban J connectivity index is 2.23. The standard InChI is InChI=1S/C9H16N2O4S/c10-8(12)1-3-11-9(13)5-7-2-4-16(14,15)6-7/h7H,1-6H2,(H2,10,12)(H,11,13). The highest BCUT2D eigenvalue weighted by molar-refractivity contribution is 7.91. The molecule has 0 aromatic carbocycles. The molecule has 0 spiro atoms. The van der Waals surface area contributed by atoms with E-state index in [1.54, 1.807) is 0 Å². The second kappa shape index (κ2) is 5.29. The molecule has 0 bridgehead atoms. The van der Waals surface area contributed by atoms with Crippen molar-refractivity contribution in [1.29, 1.82) is 0 Å². The van der Waals surface area contributed by atoms with Gasteiger partial charge < -0.3 is 11.1 Å². The fraction of sp³-hybridized carbons (Fsp3) is 0.778. The Morgan fingerprint density at radius 1 is 1.38 bits per heavy atom. The van der Waals surface area contributed by atoms with Crippen LogP contribution in [-0.2, 0) is 19.4 Å². The van der Waals surface area contributed by atoms with E-state index in [4.69, 9.17) is 5.73 Å². The lowest BCUT2D eigenvalue weighted by Gasteiger charge is -2.07. The Bertz CT molecular complexity index is 377. The fourth-order valence-corrected chi connectivity index (χ4v) is 3.55. The van der Waals surface area contributed by atoms with Gasteiger partial charge in [-0.3, -0.25) is 9.59 Å². The van der Waals surface area contributed by atoms with Gasteiger partial charge in [-0.25, -0.2) is 8.42 Å². The number of hydrogen-bond acceptors (Lipinski definition) is 4. The number of carbonyl (C=O) groups excluding carboxylic acids is 2. The predicted molar refractivity (Wildman–Crippen MR) is 58.2 cm³/mol. The van der Waals surface area contributed by atoms with Crippen LogP contribution in [-0.4, -0.2) is 38.3 Å². The molecule has 7 heteroatoms. The molecule has 1 aliphatic rings. The maximum atomic E-state index is 11.3. The van der Waals surface area contributed by atoms with E-state index in [0.717, 1.165) is 0 Å². The first kappa shape index (κ1) is 13.0. The van der Waals surface area contributed by atoms with E-state index in [-0.39, 0.29) is 42.7 Å². The molecule has 1 aliphatic heterocycles. The lowest BCUT2D eigenvalue weighted by atomic mass is 10.1. The third-order valence-electron chi connectivity index (χ3n) is 2.49. The Morgan fingerprint density at radius 3 is 2.56 bits per heavy atom. The summed E-state index contributed by atoms with van der Waals surface area (Å²) in [6.45, 7) is 0.216. The molecule has 6 nitrogen and oxygen atoms in total. The van der Waals surface area contributed by atoms with Crippen molar-refractivity contribution in [3.63, 3.8) is 0 Å². The second-order valence-electron chi connectivity index (χ2n) is 4.04. The number of nitrogens with one attached hydrogen (secondary N) is 1. The summed E-state index contributed by atoms with van der Waals surface area (Å²) in [4.78, 5) is 21.7. The summed E-state index contributed by atoms with van der Waals surface area (Å²) in [6.07, 6.45) is 0.859. The number of nitrogens with two attached hydrogens (primary N) is 1. The van der Waals surface area contributed by atoms with Crippen LogP contribution in [0.25, 0.3) is 0 Å². The van der Waals surface area contributed by atoms with Crippen LogP contribution in [0.5, 0.6) is 0 Å². The van der Waals surface area contributed by atoms with Gasteiger partial charge in [-0.1, -0.05) is 0 Å². The first-order chi connectivity index (χ1) is 7.39. The molecule has 1 saturated heterocycles. The predicted octanol–water partition coefficient (Wildman–Crippen LogP) is -1.20. The van der Waals surface area contributed by atoms with Crippen molar-refractivity contribution in [2.24, 2.45) is 11.7 Å². The minimum absolute atomic E-state index is 0.0846. The smallest absolute Gasteiger partial charge is 0.220 e. The molecular weight excluding hydrogens is 232 g/mol. The summed E-state index contributed by atoms with van der Waals surface area (Å²) < 4.78 is 22.3. The van der Waals surface area contributed by atoms with Gasteiger partial charge in [0.05, 0.1) is 11.5 Å². The number of sulfone groups is 1. The van der Waals surface area contributed by atoms with Gasteiger partial charge in [-0.15, -0.1) is 0 Å². The molecule has 3 N–H and O–H groups in total. The van der Waals surface area contributed by atoms with Gasteiger partial charge in [-0.05, 0) is 12.3 Å². The van der Waals surface area contributed by atoms with Crippen molar-refractivity contribution >= 4 is 21.7 Å². The molecule has 1 unspecified atom stereocenters. The van der Waals surface area contributed by atoms with E-state index in [1.807, 2.05) is 0 Å². The quantitative estimate of drug-likeness (QED) is 0.637. The maximum Gasteiger partial charge on any atom is 0.220 e. The van der Waals surface area contributed by atoms with Crippen molar-refractivity contribution in [3.8, 4) is 0 Å². The first-order valence-electron chi connectivity index (χ1n) is 5.14. The Kier molecular flexibility index (Phi) is 4.28. The van der Waals surface area contributed by atoms with E-state index in [2.05, 4.69) is 5.32 Å². The lowest BCUT2D eigenvalue weighted by molar-refractivity contribution is -0.122. The molecule has 0 aromatic heterocycles. The second-order valence-corrected chi connectivity index (χ2v) is 6.27. The van der Waals surface area contributed by atoms with Gasteiger partial charge in [0, 0.05) is 19.4 Å². The van der Waals surface area contributed by atoms with E-state index < -0.39 is 15.7 Å². The molecule has 16 heavy (non-hydrogen) atoms. The summed E-state index contributed by atoms with van der Waals surface area (Å²) in [6, 6.07) is 0. The number of rotatable bonds is 5. The summed E-state index contributed by atoms with van der Waals surface area (Å²) in [7, 11) is -2.93. The average Bonchev–Trinajstić information content (AvgIpc) is 2.44. The van der Waals surface area contributed by atoms with E-state index in [0.29, 0.717) is 6.42 Å². The van der Waals surface area contributed by atoms with Gasteiger partial charge >= 0.3 is 0 Å². The molecule has 0 aromatic rings. The summed E-state index contributed by atoms with van der Waals surface area (Å²) in [5, 5.41) is 2.53. The third-order valence-corrected chi connectivity index (χ3v) is 4.33. The molecule has 92 valence electrons. The molecular formula is C9H16N2O4S. The summed E-state index contributed by atoms with van der Waals surface area (Å²) in [5.74, 6) is -0.506. The minimum atomic E-state index is -2.93. The van der Waals surface area contributed by atoms with E-state index >= 15 is 0 Å². The van der Waals surface area contributed by atoms with E-state index in [1.165, 1.54) is 0 Å². The highest BCUT2D eigenvalue weighted by atomic mass is 32.2. The van der Waals surface area contributed by atoms with Crippen molar-refractivity contribution in [1.82, 2.24) is 5.32 Å². The summed E-state index contributed by atoms with van der Waals surface area (Å²) in [5.41, 5.74) is 4.91. The summed E-state index contributed by atoms with van der Waals surface area (Å²) >= 11 is 0. The van der Waals surface area contributed by atoms with Gasteiger partial charge in [0.25, 0.3) is 0 Å². The Morgan fingerprint density at radius 2 is 2.06 bits per heavy atom. The Labute approximate surface area is 94.5 Å². The van der Waals surface area contributed by atoms with Crippen molar-refractivity contribution in [2.75, 3.05) is 18.1 Å². The number of carbonyl (C=O) groups is 2. The SMILES string of the molecule is NC(=O)CCNC(=O)CC1CCS(=O)(=O)C1. The van der Waals surface area contributed by atoms with Gasteiger partial charge in [0.15, 0.2) is 9.84 Å². The third kappa shape index (κ3) is 4.61. The van der Waals surface area contributed by atoms with Crippen LogP contribution in [0.3, 0.4) is 0 Å². The first-order valence-corrected chi connectivity index (χ1v) is 6.96. The molecule has 1 fully saturated rings. The van der Waals surface area contributed by atoms with Gasteiger partial charge in [0.2, 0.25) is 11.8 Å². The zero-order valence-electron chi connectivity index (χ0n) is 8.94. The maximum absolute atomic E-state index is 11.3. The zero-order valence-corrected chi connectivity index (χ0v) is 9.76.